The molecule has 0 aliphatic carbocycles. The van der Waals surface area contributed by atoms with Gasteiger partial charge in [-0.15, -0.1) is 0 Å². The molecule has 3 N–H and O–H groups in total. The van der Waals surface area contributed by atoms with Crippen molar-refractivity contribution < 1.29 is 27.4 Å². The van der Waals surface area contributed by atoms with Gasteiger partial charge in [0, 0.05) is 44.2 Å². The predicted molar refractivity (Wildman–Crippen MR) is 124 cm³/mol. The maximum absolute atomic E-state index is 13.5. The molecular weight excluding hydrogens is 463 g/mol. The van der Waals surface area contributed by atoms with Gasteiger partial charge in [0.1, 0.15) is 17.4 Å². The summed E-state index contributed by atoms with van der Waals surface area (Å²) in [6.45, 7) is 0.844. The van der Waals surface area contributed by atoms with Crippen molar-refractivity contribution >= 4 is 23.2 Å². The number of nitrogens with zero attached hydrogens (tertiary/aromatic N) is 2. The molecule has 4 rings (SSSR count). The van der Waals surface area contributed by atoms with E-state index in [4.69, 9.17) is 9.47 Å². The molecule has 1 unspecified atom stereocenters. The minimum absolute atomic E-state index is 0.0374. The first-order valence-electron chi connectivity index (χ1n) is 11.0. The van der Waals surface area contributed by atoms with E-state index in [1.807, 2.05) is 12.1 Å². The lowest BCUT2D eigenvalue weighted by Crippen LogP contribution is -2.18. The van der Waals surface area contributed by atoms with E-state index in [-0.39, 0.29) is 22.8 Å². The number of aromatic nitrogens is 2. The Kier molecular flexibility index (Phi) is 7.35. The van der Waals surface area contributed by atoms with Crippen molar-refractivity contribution in [3.05, 3.63) is 71.5 Å². The van der Waals surface area contributed by atoms with E-state index >= 15 is 0 Å². The van der Waals surface area contributed by atoms with Crippen LogP contribution in [0.15, 0.2) is 54.9 Å². The molecule has 0 bridgehead atoms. The summed E-state index contributed by atoms with van der Waals surface area (Å²) >= 11 is 0. The van der Waals surface area contributed by atoms with E-state index in [0.717, 1.165) is 24.1 Å². The molecule has 1 aliphatic heterocycles. The second-order valence-electron chi connectivity index (χ2n) is 7.81. The number of hydrogen-bond donors (Lipinski definition) is 3. The van der Waals surface area contributed by atoms with Gasteiger partial charge < -0.3 is 25.4 Å². The number of nitrogens with one attached hydrogen (secondary N) is 3. The second kappa shape index (κ2) is 10.6. The molecule has 11 heteroatoms. The molecule has 0 saturated carbocycles. The molecule has 3 heterocycles. The van der Waals surface area contributed by atoms with E-state index in [0.29, 0.717) is 25.4 Å². The molecule has 1 aliphatic rings. The van der Waals surface area contributed by atoms with Gasteiger partial charge in [-0.3, -0.25) is 4.79 Å². The summed E-state index contributed by atoms with van der Waals surface area (Å²) < 4.78 is 51.3. The Labute approximate surface area is 199 Å². The van der Waals surface area contributed by atoms with Crippen LogP contribution in [0, 0.1) is 0 Å². The van der Waals surface area contributed by atoms with Crippen LogP contribution in [-0.2, 0) is 17.5 Å². The maximum atomic E-state index is 13.5. The third-order valence-electron chi connectivity index (χ3n) is 5.24. The molecule has 35 heavy (non-hydrogen) atoms. The number of pyridine rings is 2. The first-order valence-corrected chi connectivity index (χ1v) is 11.0. The van der Waals surface area contributed by atoms with E-state index in [1.165, 1.54) is 18.3 Å². The summed E-state index contributed by atoms with van der Waals surface area (Å²) in [6, 6.07) is 9.86. The molecule has 1 aromatic carbocycles. The van der Waals surface area contributed by atoms with E-state index in [9.17, 15) is 18.0 Å². The number of amides is 1. The zero-order valence-corrected chi connectivity index (χ0v) is 18.9. The average molecular weight is 487 g/mol. The topological polar surface area (TPSA) is 97.4 Å². The number of carbonyl (C=O) groups is 1. The molecule has 8 nitrogen and oxygen atoms in total. The van der Waals surface area contributed by atoms with Gasteiger partial charge in [-0.1, -0.05) is 0 Å². The summed E-state index contributed by atoms with van der Waals surface area (Å²) in [5.41, 5.74) is 0.0795. The van der Waals surface area contributed by atoms with Crippen LogP contribution in [0.3, 0.4) is 0 Å². The van der Waals surface area contributed by atoms with Crippen molar-refractivity contribution in [1.82, 2.24) is 9.97 Å². The van der Waals surface area contributed by atoms with Crippen molar-refractivity contribution in [1.29, 1.82) is 0 Å². The van der Waals surface area contributed by atoms with Gasteiger partial charge in [-0.2, -0.15) is 13.2 Å². The normalized spacial score (nSPS) is 15.5. The second-order valence-corrected chi connectivity index (χ2v) is 7.81. The molecule has 1 atom stereocenters. The maximum Gasteiger partial charge on any atom is 0.416 e. The lowest BCUT2D eigenvalue weighted by atomic mass is 10.1. The number of benzene rings is 1. The highest BCUT2D eigenvalue weighted by atomic mass is 19.4. The van der Waals surface area contributed by atoms with Crippen molar-refractivity contribution in [3.8, 4) is 5.75 Å². The molecule has 2 aromatic heterocycles. The van der Waals surface area contributed by atoms with Crippen molar-refractivity contribution in [2.75, 3.05) is 29.6 Å². The fraction of sp³-hybridized carbons (Fsp3) is 0.292. The molecule has 1 saturated heterocycles. The van der Waals surface area contributed by atoms with Crippen molar-refractivity contribution in [2.24, 2.45) is 0 Å². The van der Waals surface area contributed by atoms with Crippen molar-refractivity contribution in [2.45, 2.75) is 31.9 Å². The standard InChI is InChI=1S/C24H24F3N5O3/c1-28-20-10-15(6-8-29-20)14-31-22-19(4-2-7-30-22)23(33)32-17-11-16(24(25,26)27)12-18(13-17)35-21-5-3-9-34-21/h2,4,6-8,10-13,21H,3,5,9,14H2,1H3,(H,28,29)(H,30,31)(H,32,33). The van der Waals surface area contributed by atoms with Crippen molar-refractivity contribution in [3.63, 3.8) is 0 Å². The van der Waals surface area contributed by atoms with Crippen LogP contribution in [0.4, 0.5) is 30.5 Å². The summed E-state index contributed by atoms with van der Waals surface area (Å²) in [6.07, 6.45) is -0.725. The number of halogens is 3. The fourth-order valence-electron chi connectivity index (χ4n) is 3.53. The third kappa shape index (κ3) is 6.38. The lowest BCUT2D eigenvalue weighted by Gasteiger charge is -2.17. The number of hydrogen-bond acceptors (Lipinski definition) is 7. The first-order chi connectivity index (χ1) is 16.8. The van der Waals surface area contributed by atoms with Gasteiger partial charge in [-0.05, 0) is 48.4 Å². The predicted octanol–water partition coefficient (Wildman–Crippen LogP) is 4.92. The van der Waals surface area contributed by atoms with Gasteiger partial charge in [-0.25, -0.2) is 9.97 Å². The summed E-state index contributed by atoms with van der Waals surface area (Å²) in [5.74, 6) is 0.322. The minimum atomic E-state index is -4.62. The van der Waals surface area contributed by atoms with Crippen LogP contribution < -0.4 is 20.7 Å². The van der Waals surface area contributed by atoms with Gasteiger partial charge in [0.05, 0.1) is 17.7 Å². The zero-order chi connectivity index (χ0) is 24.8. The number of anilines is 3. The molecular formula is C24H24F3N5O3. The summed E-state index contributed by atoms with van der Waals surface area (Å²) in [5, 5.41) is 8.58. The number of carbonyl (C=O) groups excluding carboxylic acids is 1. The van der Waals surface area contributed by atoms with Crippen LogP contribution in [0.1, 0.15) is 34.3 Å². The van der Waals surface area contributed by atoms with Gasteiger partial charge in [0.15, 0.2) is 6.29 Å². The number of ether oxygens (including phenoxy) is 2. The van der Waals surface area contributed by atoms with Gasteiger partial charge in [0.25, 0.3) is 5.91 Å². The Hall–Kier alpha value is -3.86. The highest BCUT2D eigenvalue weighted by Crippen LogP contribution is 2.35. The minimum Gasteiger partial charge on any atom is -0.465 e. The summed E-state index contributed by atoms with van der Waals surface area (Å²) in [4.78, 5) is 21.4. The van der Waals surface area contributed by atoms with Crippen LogP contribution in [0.25, 0.3) is 0 Å². The number of alkyl halides is 3. The Morgan fingerprint density at radius 1 is 1.17 bits per heavy atom. The molecule has 3 aromatic rings. The van der Waals surface area contributed by atoms with Gasteiger partial charge >= 0.3 is 6.18 Å². The zero-order valence-electron chi connectivity index (χ0n) is 18.9. The molecule has 184 valence electrons. The Bertz CT molecular complexity index is 1180. The fourth-order valence-corrected chi connectivity index (χ4v) is 3.53. The van der Waals surface area contributed by atoms with Gasteiger partial charge in [0.2, 0.25) is 0 Å². The van der Waals surface area contributed by atoms with E-state index in [2.05, 4.69) is 25.9 Å². The van der Waals surface area contributed by atoms with E-state index < -0.39 is 23.9 Å². The molecule has 0 spiro atoms. The smallest absolute Gasteiger partial charge is 0.416 e. The Balaban J connectivity index is 1.53. The SMILES string of the molecule is CNc1cc(CNc2ncccc2C(=O)Nc2cc(OC3CCCO3)cc(C(F)(F)F)c2)ccn1. The number of rotatable bonds is 8. The summed E-state index contributed by atoms with van der Waals surface area (Å²) in [7, 11) is 1.76. The highest BCUT2D eigenvalue weighted by Gasteiger charge is 2.32. The first kappa shape index (κ1) is 24.3. The third-order valence-corrected chi connectivity index (χ3v) is 5.24. The Morgan fingerprint density at radius 3 is 2.77 bits per heavy atom. The van der Waals surface area contributed by atoms with Crippen LogP contribution >= 0.6 is 0 Å². The molecule has 1 fully saturated rings. The Morgan fingerprint density at radius 2 is 2.03 bits per heavy atom. The molecule has 1 amide bonds. The van der Waals surface area contributed by atoms with Crippen LogP contribution in [-0.4, -0.2) is 35.8 Å². The lowest BCUT2D eigenvalue weighted by molar-refractivity contribution is -0.137. The monoisotopic (exact) mass is 487 g/mol. The quantitative estimate of drug-likeness (QED) is 0.415. The van der Waals surface area contributed by atoms with Crippen LogP contribution in [0.5, 0.6) is 5.75 Å². The molecule has 0 radical (unpaired) electrons. The highest BCUT2D eigenvalue weighted by molar-refractivity contribution is 6.07. The largest absolute Gasteiger partial charge is 0.465 e. The van der Waals surface area contributed by atoms with Crippen LogP contribution in [0.2, 0.25) is 0 Å². The average Bonchev–Trinajstić information content (AvgIpc) is 3.35. The van der Waals surface area contributed by atoms with E-state index in [1.54, 1.807) is 19.3 Å².